The number of imidazole rings is 1. The molecule has 1 heterocycles. The van der Waals surface area contributed by atoms with E-state index in [0.717, 1.165) is 18.8 Å². The van der Waals surface area contributed by atoms with Gasteiger partial charge in [0.15, 0.2) is 0 Å². The van der Waals surface area contributed by atoms with Gasteiger partial charge in [-0.05, 0) is 13.3 Å². The molecular weight excluding hydrogens is 210 g/mol. The Morgan fingerprint density at radius 2 is 2.40 bits per heavy atom. The average molecular weight is 229 g/mol. The maximum absolute atomic E-state index is 11.6. The Hall–Kier alpha value is -0.680. The lowest BCUT2D eigenvalue weighted by atomic mass is 10.3. The highest BCUT2D eigenvalue weighted by molar-refractivity contribution is 7.85. The topological polar surface area (TPSA) is 60.9 Å². The van der Waals surface area contributed by atoms with Gasteiger partial charge in [-0.1, -0.05) is 6.92 Å². The Kier molecular flexibility index (Phi) is 4.98. The van der Waals surface area contributed by atoms with Crippen LogP contribution in [-0.2, 0) is 17.3 Å². The van der Waals surface area contributed by atoms with Crippen molar-refractivity contribution in [2.24, 2.45) is 5.73 Å². The van der Waals surface area contributed by atoms with Crippen molar-refractivity contribution in [3.63, 3.8) is 0 Å². The molecule has 0 amide bonds. The Balaban J connectivity index is 2.31. The Labute approximate surface area is 93.3 Å². The third-order valence-electron chi connectivity index (χ3n) is 2.41. The summed E-state index contributed by atoms with van der Waals surface area (Å²) in [6, 6.07) is 0.0646. The molecule has 2 N–H and O–H groups in total. The summed E-state index contributed by atoms with van der Waals surface area (Å²) in [4.78, 5) is 4.11. The fraction of sp³-hybridized carbons (Fsp3) is 0.700. The molecule has 0 aliphatic carbocycles. The van der Waals surface area contributed by atoms with E-state index in [4.69, 9.17) is 5.73 Å². The number of aryl methyl sites for hydroxylation is 2. The van der Waals surface area contributed by atoms with Crippen LogP contribution in [0.2, 0.25) is 0 Å². The molecule has 1 aromatic rings. The molecule has 0 aliphatic heterocycles. The molecule has 0 saturated carbocycles. The molecule has 0 radical (unpaired) electrons. The second kappa shape index (κ2) is 6.02. The SMILES string of the molecule is CCC(N)CS(=O)CCn1ccnc1C. The van der Waals surface area contributed by atoms with E-state index < -0.39 is 10.8 Å². The van der Waals surface area contributed by atoms with Crippen LogP contribution in [0.1, 0.15) is 19.2 Å². The number of nitrogens with zero attached hydrogens (tertiary/aromatic N) is 2. The minimum absolute atomic E-state index is 0.0646. The summed E-state index contributed by atoms with van der Waals surface area (Å²) in [7, 11) is -0.816. The van der Waals surface area contributed by atoms with Crippen LogP contribution in [0.4, 0.5) is 0 Å². The van der Waals surface area contributed by atoms with E-state index in [-0.39, 0.29) is 6.04 Å². The van der Waals surface area contributed by atoms with Gasteiger partial charge in [-0.25, -0.2) is 4.98 Å². The molecular formula is C10H19N3OS. The quantitative estimate of drug-likeness (QED) is 0.780. The van der Waals surface area contributed by atoms with Gasteiger partial charge in [0.05, 0.1) is 0 Å². The Morgan fingerprint density at radius 1 is 1.67 bits per heavy atom. The van der Waals surface area contributed by atoms with Gasteiger partial charge in [0.1, 0.15) is 5.82 Å². The third kappa shape index (κ3) is 4.13. The Morgan fingerprint density at radius 3 is 2.93 bits per heavy atom. The van der Waals surface area contributed by atoms with Crippen LogP contribution in [0.5, 0.6) is 0 Å². The number of nitrogens with two attached hydrogens (primary N) is 1. The first kappa shape index (κ1) is 12.4. The van der Waals surface area contributed by atoms with Crippen molar-refractivity contribution in [3.05, 3.63) is 18.2 Å². The average Bonchev–Trinajstić information content (AvgIpc) is 2.61. The van der Waals surface area contributed by atoms with E-state index in [0.29, 0.717) is 11.5 Å². The number of hydrogen-bond acceptors (Lipinski definition) is 3. The van der Waals surface area contributed by atoms with Gasteiger partial charge >= 0.3 is 0 Å². The predicted molar refractivity (Wildman–Crippen MR) is 63.1 cm³/mol. The van der Waals surface area contributed by atoms with Gasteiger partial charge in [0.2, 0.25) is 0 Å². The second-order valence-corrected chi connectivity index (χ2v) is 5.27. The Bertz CT molecular complexity index is 324. The van der Waals surface area contributed by atoms with Crippen molar-refractivity contribution in [2.75, 3.05) is 11.5 Å². The summed E-state index contributed by atoms with van der Waals surface area (Å²) < 4.78 is 13.6. The summed E-state index contributed by atoms with van der Waals surface area (Å²) in [5, 5.41) is 0. The lowest BCUT2D eigenvalue weighted by molar-refractivity contribution is 0.653. The molecule has 4 nitrogen and oxygen atoms in total. The fourth-order valence-electron chi connectivity index (χ4n) is 1.28. The summed E-state index contributed by atoms with van der Waals surface area (Å²) in [6.07, 6.45) is 4.55. The van der Waals surface area contributed by atoms with Crippen molar-refractivity contribution >= 4 is 10.8 Å². The highest BCUT2D eigenvalue weighted by Gasteiger charge is 2.06. The van der Waals surface area contributed by atoms with Gasteiger partial charge in [-0.15, -0.1) is 0 Å². The van der Waals surface area contributed by atoms with Gasteiger partial charge in [0.25, 0.3) is 0 Å². The molecule has 15 heavy (non-hydrogen) atoms. The van der Waals surface area contributed by atoms with E-state index in [2.05, 4.69) is 4.98 Å². The first-order valence-electron chi connectivity index (χ1n) is 5.21. The highest BCUT2D eigenvalue weighted by atomic mass is 32.2. The van der Waals surface area contributed by atoms with Crippen LogP contribution in [0, 0.1) is 6.92 Å². The van der Waals surface area contributed by atoms with Crippen molar-refractivity contribution < 1.29 is 4.21 Å². The van der Waals surface area contributed by atoms with E-state index in [1.54, 1.807) is 6.20 Å². The minimum Gasteiger partial charge on any atom is -0.334 e. The maximum atomic E-state index is 11.6. The summed E-state index contributed by atoms with van der Waals surface area (Å²) in [6.45, 7) is 4.72. The van der Waals surface area contributed by atoms with Crippen LogP contribution in [0.15, 0.2) is 12.4 Å². The van der Waals surface area contributed by atoms with Gasteiger partial charge in [-0.2, -0.15) is 0 Å². The lowest BCUT2D eigenvalue weighted by Gasteiger charge is -2.09. The van der Waals surface area contributed by atoms with Gasteiger partial charge < -0.3 is 10.3 Å². The van der Waals surface area contributed by atoms with Crippen LogP contribution < -0.4 is 5.73 Å². The third-order valence-corrected chi connectivity index (χ3v) is 3.85. The number of aromatic nitrogens is 2. The van der Waals surface area contributed by atoms with E-state index in [9.17, 15) is 4.21 Å². The molecule has 0 bridgehead atoms. The zero-order chi connectivity index (χ0) is 11.3. The molecule has 2 unspecified atom stereocenters. The first-order valence-corrected chi connectivity index (χ1v) is 6.70. The normalized spacial score (nSPS) is 15.1. The smallest absolute Gasteiger partial charge is 0.105 e. The van der Waals surface area contributed by atoms with E-state index >= 15 is 0 Å². The monoisotopic (exact) mass is 229 g/mol. The summed E-state index contributed by atoms with van der Waals surface area (Å²) >= 11 is 0. The van der Waals surface area contributed by atoms with Crippen LogP contribution >= 0.6 is 0 Å². The van der Waals surface area contributed by atoms with Crippen molar-refractivity contribution in [1.29, 1.82) is 0 Å². The molecule has 0 aromatic carbocycles. The van der Waals surface area contributed by atoms with Crippen molar-refractivity contribution in [1.82, 2.24) is 9.55 Å². The molecule has 0 spiro atoms. The predicted octanol–water partition coefficient (Wildman–Crippen LogP) is 0.678. The van der Waals surface area contributed by atoms with Crippen molar-refractivity contribution in [2.45, 2.75) is 32.9 Å². The van der Waals surface area contributed by atoms with E-state index in [1.807, 2.05) is 24.6 Å². The van der Waals surface area contributed by atoms with Gasteiger partial charge in [-0.3, -0.25) is 4.21 Å². The minimum atomic E-state index is -0.816. The maximum Gasteiger partial charge on any atom is 0.105 e. The van der Waals surface area contributed by atoms with Crippen LogP contribution in [0.3, 0.4) is 0 Å². The molecule has 0 aliphatic rings. The van der Waals surface area contributed by atoms with Gasteiger partial charge in [0, 0.05) is 47.3 Å². The van der Waals surface area contributed by atoms with E-state index in [1.165, 1.54) is 0 Å². The molecule has 0 saturated heterocycles. The molecule has 0 fully saturated rings. The largest absolute Gasteiger partial charge is 0.334 e. The van der Waals surface area contributed by atoms with Crippen LogP contribution in [-0.4, -0.2) is 31.3 Å². The first-order chi connectivity index (χ1) is 7.13. The molecule has 2 atom stereocenters. The second-order valence-electron chi connectivity index (χ2n) is 3.65. The fourth-order valence-corrected chi connectivity index (χ4v) is 2.56. The zero-order valence-corrected chi connectivity index (χ0v) is 10.2. The molecule has 86 valence electrons. The summed E-state index contributed by atoms with van der Waals surface area (Å²) in [5.41, 5.74) is 5.74. The highest BCUT2D eigenvalue weighted by Crippen LogP contribution is 1.97. The standard InChI is InChI=1S/C10H19N3OS/c1-3-10(11)8-15(14)7-6-13-5-4-12-9(13)2/h4-5,10H,3,6-8,11H2,1-2H3. The number of hydrogen-bond donors (Lipinski definition) is 1. The lowest BCUT2D eigenvalue weighted by Crippen LogP contribution is -2.27. The molecule has 1 aromatic heterocycles. The van der Waals surface area contributed by atoms with Crippen LogP contribution in [0.25, 0.3) is 0 Å². The molecule has 5 heteroatoms. The zero-order valence-electron chi connectivity index (χ0n) is 9.35. The summed E-state index contributed by atoms with van der Waals surface area (Å²) in [5.74, 6) is 2.22. The van der Waals surface area contributed by atoms with Crippen molar-refractivity contribution in [3.8, 4) is 0 Å². The number of rotatable bonds is 6. The molecule has 1 rings (SSSR count).